The quantitative estimate of drug-likeness (QED) is 0.669. The van der Waals surface area contributed by atoms with Crippen LogP contribution in [0.2, 0.25) is 0 Å². The van der Waals surface area contributed by atoms with Gasteiger partial charge in [-0.2, -0.15) is 0 Å². The van der Waals surface area contributed by atoms with Crippen LogP contribution in [0.25, 0.3) is 0 Å². The predicted molar refractivity (Wildman–Crippen MR) is 52.8 cm³/mol. The fourth-order valence-electron chi connectivity index (χ4n) is 1.38. The molecule has 2 N–H and O–H groups in total. The van der Waals surface area contributed by atoms with Gasteiger partial charge in [-0.15, -0.1) is 0 Å². The Labute approximate surface area is 84.7 Å². The molecule has 4 nitrogen and oxygen atoms in total. The zero-order chi connectivity index (χ0) is 10.4. The van der Waals surface area contributed by atoms with Gasteiger partial charge >= 0.3 is 5.97 Å². The number of esters is 1. The van der Waals surface area contributed by atoms with Gasteiger partial charge in [-0.3, -0.25) is 4.79 Å². The average Bonchev–Trinajstić information content (AvgIpc) is 2.67. The van der Waals surface area contributed by atoms with Gasteiger partial charge < -0.3 is 15.2 Å². The molecule has 0 aromatic heterocycles. The summed E-state index contributed by atoms with van der Waals surface area (Å²) in [6.07, 6.45) is 3.28. The highest BCUT2D eigenvalue weighted by molar-refractivity contribution is 5.70. The lowest BCUT2D eigenvalue weighted by Crippen LogP contribution is -2.26. The lowest BCUT2D eigenvalue weighted by molar-refractivity contribution is -0.147. The summed E-state index contributed by atoms with van der Waals surface area (Å²) in [5.74, 6) is -0.213. The molecule has 0 bridgehead atoms. The molecule has 1 aliphatic heterocycles. The third kappa shape index (κ3) is 4.07. The number of nitrogens with two attached hydrogens (primary N) is 1. The normalized spacial score (nSPS) is 23.4. The van der Waals surface area contributed by atoms with Crippen molar-refractivity contribution in [1.82, 2.24) is 0 Å². The molecule has 2 unspecified atom stereocenters. The van der Waals surface area contributed by atoms with Crippen LogP contribution in [0.15, 0.2) is 0 Å². The van der Waals surface area contributed by atoms with Crippen molar-refractivity contribution in [3.8, 4) is 0 Å². The molecule has 0 saturated carbocycles. The molecular formula is C10H19NO3. The van der Waals surface area contributed by atoms with Crippen LogP contribution >= 0.6 is 0 Å². The summed E-state index contributed by atoms with van der Waals surface area (Å²) in [6, 6.07) is -0.0769. The van der Waals surface area contributed by atoms with E-state index in [0.717, 1.165) is 25.9 Å². The van der Waals surface area contributed by atoms with E-state index in [1.54, 1.807) is 0 Å². The van der Waals surface area contributed by atoms with Crippen LogP contribution in [0.1, 0.15) is 32.6 Å². The van der Waals surface area contributed by atoms with E-state index in [4.69, 9.17) is 15.2 Å². The summed E-state index contributed by atoms with van der Waals surface area (Å²) in [5, 5.41) is 0. The van der Waals surface area contributed by atoms with Gasteiger partial charge in [0.25, 0.3) is 0 Å². The Kier molecular flexibility index (Phi) is 4.90. The molecule has 1 rings (SSSR count). The second-order valence-electron chi connectivity index (χ2n) is 3.69. The Bertz CT molecular complexity index is 178. The molecule has 2 atom stereocenters. The van der Waals surface area contributed by atoms with E-state index < -0.39 is 0 Å². The zero-order valence-electron chi connectivity index (χ0n) is 8.70. The highest BCUT2D eigenvalue weighted by Crippen LogP contribution is 2.12. The van der Waals surface area contributed by atoms with Gasteiger partial charge in [0.15, 0.2) is 0 Å². The molecule has 1 heterocycles. The molecule has 1 fully saturated rings. The zero-order valence-corrected chi connectivity index (χ0v) is 8.70. The molecule has 0 aromatic rings. The molecule has 1 saturated heterocycles. The number of rotatable bonds is 5. The minimum Gasteiger partial charge on any atom is -0.463 e. The van der Waals surface area contributed by atoms with Gasteiger partial charge in [0.1, 0.15) is 6.61 Å². The third-order valence-electron chi connectivity index (χ3n) is 2.41. The molecule has 0 aromatic carbocycles. The van der Waals surface area contributed by atoms with E-state index in [9.17, 15) is 4.79 Å². The molecule has 0 spiro atoms. The van der Waals surface area contributed by atoms with Crippen molar-refractivity contribution in [1.29, 1.82) is 0 Å². The Hall–Kier alpha value is -0.610. The van der Waals surface area contributed by atoms with Gasteiger partial charge in [-0.1, -0.05) is 6.92 Å². The smallest absolute Gasteiger partial charge is 0.307 e. The van der Waals surface area contributed by atoms with Crippen molar-refractivity contribution in [3.05, 3.63) is 0 Å². The molecule has 0 amide bonds. The summed E-state index contributed by atoms with van der Waals surface area (Å²) in [7, 11) is 0. The number of hydrogen-bond acceptors (Lipinski definition) is 4. The van der Waals surface area contributed by atoms with E-state index in [1.807, 2.05) is 6.92 Å². The van der Waals surface area contributed by atoms with E-state index in [1.165, 1.54) is 0 Å². The fourth-order valence-corrected chi connectivity index (χ4v) is 1.38. The van der Waals surface area contributed by atoms with E-state index in [0.29, 0.717) is 13.0 Å². The molecular weight excluding hydrogens is 182 g/mol. The minimum absolute atomic E-state index is 0.0769. The van der Waals surface area contributed by atoms with Crippen LogP contribution in [0.3, 0.4) is 0 Å². The first-order valence-corrected chi connectivity index (χ1v) is 5.25. The second kappa shape index (κ2) is 5.98. The first-order valence-electron chi connectivity index (χ1n) is 5.25. The van der Waals surface area contributed by atoms with Crippen molar-refractivity contribution in [3.63, 3.8) is 0 Å². The molecule has 4 heteroatoms. The number of hydrogen-bond donors (Lipinski definition) is 1. The highest BCUT2D eigenvalue weighted by Gasteiger charge is 2.18. The van der Waals surface area contributed by atoms with Crippen LogP contribution in [0.4, 0.5) is 0 Å². The lowest BCUT2D eigenvalue weighted by atomic mass is 10.2. The monoisotopic (exact) mass is 201 g/mol. The lowest BCUT2D eigenvalue weighted by Gasteiger charge is -2.12. The number of ether oxygens (including phenoxy) is 2. The summed E-state index contributed by atoms with van der Waals surface area (Å²) in [4.78, 5) is 11.2. The summed E-state index contributed by atoms with van der Waals surface area (Å²) in [5.41, 5.74) is 5.63. The van der Waals surface area contributed by atoms with E-state index in [-0.39, 0.29) is 18.1 Å². The molecule has 0 radical (unpaired) electrons. The Morgan fingerprint density at radius 3 is 3.07 bits per heavy atom. The Morgan fingerprint density at radius 2 is 2.50 bits per heavy atom. The molecule has 1 aliphatic rings. The summed E-state index contributed by atoms with van der Waals surface area (Å²) in [6.45, 7) is 3.13. The van der Waals surface area contributed by atoms with Crippen LogP contribution in [0.5, 0.6) is 0 Å². The first-order chi connectivity index (χ1) is 6.72. The maximum absolute atomic E-state index is 11.2. The third-order valence-corrected chi connectivity index (χ3v) is 2.41. The maximum atomic E-state index is 11.2. The van der Waals surface area contributed by atoms with Gasteiger partial charge in [0, 0.05) is 12.6 Å². The Balaban J connectivity index is 2.08. The summed E-state index contributed by atoms with van der Waals surface area (Å²) >= 11 is 0. The average molecular weight is 201 g/mol. The number of carbonyl (C=O) groups is 1. The van der Waals surface area contributed by atoms with Crippen LogP contribution in [0, 0.1) is 0 Å². The maximum Gasteiger partial charge on any atom is 0.307 e. The van der Waals surface area contributed by atoms with Gasteiger partial charge in [-0.05, 0) is 19.3 Å². The van der Waals surface area contributed by atoms with Crippen LogP contribution in [-0.2, 0) is 14.3 Å². The van der Waals surface area contributed by atoms with E-state index >= 15 is 0 Å². The van der Waals surface area contributed by atoms with Gasteiger partial charge in [0.2, 0.25) is 0 Å². The van der Waals surface area contributed by atoms with Crippen molar-refractivity contribution < 1.29 is 14.3 Å². The van der Waals surface area contributed by atoms with Crippen molar-refractivity contribution in [2.24, 2.45) is 5.73 Å². The standard InChI is InChI=1S/C10H19NO3/c1-2-8(11)6-10(12)14-7-9-4-3-5-13-9/h8-9H,2-7,11H2,1H3. The van der Waals surface area contributed by atoms with Gasteiger partial charge in [0.05, 0.1) is 12.5 Å². The summed E-state index contributed by atoms with van der Waals surface area (Å²) < 4.78 is 10.4. The van der Waals surface area contributed by atoms with E-state index in [2.05, 4.69) is 0 Å². The topological polar surface area (TPSA) is 61.6 Å². The SMILES string of the molecule is CCC(N)CC(=O)OCC1CCCO1. The second-order valence-corrected chi connectivity index (χ2v) is 3.69. The van der Waals surface area contributed by atoms with Crippen molar-refractivity contribution in [2.75, 3.05) is 13.2 Å². The minimum atomic E-state index is -0.213. The Morgan fingerprint density at radius 1 is 1.71 bits per heavy atom. The van der Waals surface area contributed by atoms with Gasteiger partial charge in [-0.25, -0.2) is 0 Å². The number of carbonyl (C=O) groups excluding carboxylic acids is 1. The fraction of sp³-hybridized carbons (Fsp3) is 0.900. The van der Waals surface area contributed by atoms with Crippen molar-refractivity contribution in [2.45, 2.75) is 44.8 Å². The van der Waals surface area contributed by atoms with Crippen LogP contribution in [-0.4, -0.2) is 31.3 Å². The van der Waals surface area contributed by atoms with Crippen LogP contribution < -0.4 is 5.73 Å². The molecule has 0 aliphatic carbocycles. The van der Waals surface area contributed by atoms with Crippen molar-refractivity contribution >= 4 is 5.97 Å². The highest BCUT2D eigenvalue weighted by atomic mass is 16.6. The predicted octanol–water partition coefficient (Wildman–Crippen LogP) is 0.836. The largest absolute Gasteiger partial charge is 0.463 e. The first kappa shape index (κ1) is 11.5. The molecule has 82 valence electrons. The molecule has 14 heavy (non-hydrogen) atoms.